The van der Waals surface area contributed by atoms with Crippen LogP contribution in [-0.2, 0) is 0 Å². The number of aromatic nitrogens is 1. The molecule has 0 saturated heterocycles. The highest BCUT2D eigenvalue weighted by molar-refractivity contribution is 5.56. The Kier molecular flexibility index (Phi) is 4.09. The molecule has 0 bridgehead atoms. The van der Waals surface area contributed by atoms with Crippen LogP contribution in [0.3, 0.4) is 0 Å². The molecule has 0 radical (unpaired) electrons. The Morgan fingerprint density at radius 1 is 1.43 bits per heavy atom. The molecule has 1 heterocycles. The summed E-state index contributed by atoms with van der Waals surface area (Å²) in [6.45, 7) is 1.82. The van der Waals surface area contributed by atoms with Gasteiger partial charge in [0.1, 0.15) is 29.5 Å². The van der Waals surface area contributed by atoms with E-state index in [1.807, 2.05) is 13.0 Å². The van der Waals surface area contributed by atoms with Crippen molar-refractivity contribution < 1.29 is 9.31 Å². The monoisotopic (exact) mass is 286 g/mol. The number of nitro groups is 1. The van der Waals surface area contributed by atoms with Crippen molar-refractivity contribution in [3.05, 3.63) is 63.6 Å². The van der Waals surface area contributed by atoms with Crippen LogP contribution in [0, 0.1) is 27.3 Å². The van der Waals surface area contributed by atoms with E-state index >= 15 is 0 Å². The third kappa shape index (κ3) is 3.30. The van der Waals surface area contributed by atoms with Gasteiger partial charge in [-0.1, -0.05) is 12.1 Å². The van der Waals surface area contributed by atoms with Crippen molar-refractivity contribution >= 4 is 11.5 Å². The first kappa shape index (κ1) is 14.4. The quantitative estimate of drug-likeness (QED) is 0.688. The molecule has 0 aliphatic rings. The van der Waals surface area contributed by atoms with Crippen LogP contribution in [-0.4, -0.2) is 9.91 Å². The molecule has 0 aliphatic carbocycles. The lowest BCUT2D eigenvalue weighted by Crippen LogP contribution is -2.09. The Hall–Kier alpha value is -3.01. The van der Waals surface area contributed by atoms with Gasteiger partial charge < -0.3 is 5.32 Å². The Morgan fingerprint density at radius 2 is 2.10 bits per heavy atom. The molecule has 21 heavy (non-hydrogen) atoms. The smallest absolute Gasteiger partial charge is 0.289 e. The van der Waals surface area contributed by atoms with E-state index in [9.17, 15) is 14.5 Å². The molecule has 0 amide bonds. The first-order chi connectivity index (χ1) is 10.0. The number of pyridine rings is 1. The number of anilines is 1. The van der Waals surface area contributed by atoms with E-state index in [-0.39, 0.29) is 28.9 Å². The molecule has 1 atom stereocenters. The molecular formula is C14H11FN4O2. The predicted molar refractivity (Wildman–Crippen MR) is 74.0 cm³/mol. The highest BCUT2D eigenvalue weighted by Gasteiger charge is 2.14. The molecule has 7 heteroatoms. The normalized spacial score (nSPS) is 11.5. The van der Waals surface area contributed by atoms with Gasteiger partial charge in [-0.3, -0.25) is 10.1 Å². The van der Waals surface area contributed by atoms with Crippen molar-refractivity contribution in [2.24, 2.45) is 0 Å². The fraction of sp³-hybridized carbons (Fsp3) is 0.143. The molecule has 106 valence electrons. The van der Waals surface area contributed by atoms with E-state index in [1.54, 1.807) is 12.1 Å². The maximum Gasteiger partial charge on any atom is 0.289 e. The largest absolute Gasteiger partial charge is 0.362 e. The summed E-state index contributed by atoms with van der Waals surface area (Å²) < 4.78 is 12.9. The zero-order valence-corrected chi connectivity index (χ0v) is 11.1. The second-order valence-corrected chi connectivity index (χ2v) is 4.38. The Bertz CT molecular complexity index is 710. The minimum Gasteiger partial charge on any atom is -0.362 e. The Balaban J connectivity index is 2.25. The van der Waals surface area contributed by atoms with E-state index in [4.69, 9.17) is 5.26 Å². The minimum absolute atomic E-state index is 0.0816. The van der Waals surface area contributed by atoms with Gasteiger partial charge in [0.2, 0.25) is 0 Å². The van der Waals surface area contributed by atoms with Crippen LogP contribution < -0.4 is 5.32 Å². The number of nitriles is 1. The van der Waals surface area contributed by atoms with Gasteiger partial charge in [-0.15, -0.1) is 0 Å². The van der Waals surface area contributed by atoms with Gasteiger partial charge >= 0.3 is 0 Å². The fourth-order valence-electron chi connectivity index (χ4n) is 1.79. The van der Waals surface area contributed by atoms with Crippen molar-refractivity contribution in [2.75, 3.05) is 5.32 Å². The van der Waals surface area contributed by atoms with E-state index in [0.717, 1.165) is 17.8 Å². The van der Waals surface area contributed by atoms with E-state index < -0.39 is 4.92 Å². The molecule has 0 aliphatic heterocycles. The van der Waals surface area contributed by atoms with Crippen LogP contribution in [0.5, 0.6) is 0 Å². The number of benzene rings is 1. The summed E-state index contributed by atoms with van der Waals surface area (Å²) in [5, 5.41) is 22.7. The number of hydrogen-bond donors (Lipinski definition) is 1. The van der Waals surface area contributed by atoms with E-state index in [0.29, 0.717) is 0 Å². The number of rotatable bonds is 4. The van der Waals surface area contributed by atoms with Crippen LogP contribution in [0.15, 0.2) is 36.5 Å². The van der Waals surface area contributed by atoms with Crippen molar-refractivity contribution in [3.63, 3.8) is 0 Å². The maximum atomic E-state index is 12.9. The Labute approximate surface area is 120 Å². The average molecular weight is 286 g/mol. The second kappa shape index (κ2) is 5.96. The van der Waals surface area contributed by atoms with Gasteiger partial charge in [-0.05, 0) is 24.6 Å². The topological polar surface area (TPSA) is 91.8 Å². The summed E-state index contributed by atoms with van der Waals surface area (Å²) in [6, 6.07) is 8.70. The number of halogens is 1. The summed E-state index contributed by atoms with van der Waals surface area (Å²) in [6.07, 6.45) is 1.08. The summed E-state index contributed by atoms with van der Waals surface area (Å²) in [7, 11) is 0. The van der Waals surface area contributed by atoms with Gasteiger partial charge in [0.15, 0.2) is 0 Å². The van der Waals surface area contributed by atoms with Crippen molar-refractivity contribution in [3.8, 4) is 6.07 Å². The lowest BCUT2D eigenvalue weighted by molar-refractivity contribution is -0.385. The molecule has 1 unspecified atom stereocenters. The van der Waals surface area contributed by atoms with Crippen LogP contribution in [0.2, 0.25) is 0 Å². The number of nitrogens with one attached hydrogen (secondary N) is 1. The summed E-state index contributed by atoms with van der Waals surface area (Å²) in [5.41, 5.74) is 0.644. The van der Waals surface area contributed by atoms with Crippen LogP contribution in [0.4, 0.5) is 15.9 Å². The zero-order chi connectivity index (χ0) is 15.4. The van der Waals surface area contributed by atoms with Crippen LogP contribution in [0.25, 0.3) is 0 Å². The first-order valence-electron chi connectivity index (χ1n) is 6.08. The lowest BCUT2D eigenvalue weighted by Gasteiger charge is -2.15. The van der Waals surface area contributed by atoms with Gasteiger partial charge in [-0.25, -0.2) is 9.37 Å². The zero-order valence-electron chi connectivity index (χ0n) is 11.1. The van der Waals surface area contributed by atoms with Gasteiger partial charge in [0.05, 0.1) is 4.92 Å². The maximum absolute atomic E-state index is 12.9. The summed E-state index contributed by atoms with van der Waals surface area (Å²) in [4.78, 5) is 14.0. The van der Waals surface area contributed by atoms with E-state index in [2.05, 4.69) is 10.3 Å². The van der Waals surface area contributed by atoms with Gasteiger partial charge in [-0.2, -0.15) is 5.26 Å². The molecule has 0 fully saturated rings. The van der Waals surface area contributed by atoms with Gasteiger partial charge in [0, 0.05) is 12.1 Å². The standard InChI is InChI=1S/C14H11FN4O2/c1-9(10-2-4-12(15)5-3-10)18-14-11(7-16)6-13(8-17-14)19(20)21/h2-6,8-9H,1H3,(H,17,18). The first-order valence-corrected chi connectivity index (χ1v) is 6.08. The predicted octanol–water partition coefficient (Wildman–Crippen LogP) is 3.17. The third-order valence-electron chi connectivity index (χ3n) is 2.93. The van der Waals surface area contributed by atoms with Crippen molar-refractivity contribution in [1.29, 1.82) is 5.26 Å². The third-order valence-corrected chi connectivity index (χ3v) is 2.93. The molecule has 0 saturated carbocycles. The Morgan fingerprint density at radius 3 is 2.67 bits per heavy atom. The molecule has 1 aromatic carbocycles. The van der Waals surface area contributed by atoms with Gasteiger partial charge in [0.25, 0.3) is 5.69 Å². The summed E-state index contributed by atoms with van der Waals surface area (Å²) in [5.74, 6) is -0.0861. The number of nitrogens with zero attached hydrogens (tertiary/aromatic N) is 3. The SMILES string of the molecule is CC(Nc1ncc([N+](=O)[O-])cc1C#N)c1ccc(F)cc1. The highest BCUT2D eigenvalue weighted by atomic mass is 19.1. The lowest BCUT2D eigenvalue weighted by atomic mass is 10.1. The molecule has 2 rings (SSSR count). The van der Waals surface area contributed by atoms with Crippen LogP contribution in [0.1, 0.15) is 24.1 Å². The highest BCUT2D eigenvalue weighted by Crippen LogP contribution is 2.23. The van der Waals surface area contributed by atoms with Crippen LogP contribution >= 0.6 is 0 Å². The van der Waals surface area contributed by atoms with Crippen molar-refractivity contribution in [2.45, 2.75) is 13.0 Å². The molecule has 1 N–H and O–H groups in total. The molecule has 1 aromatic heterocycles. The fourth-order valence-corrected chi connectivity index (χ4v) is 1.79. The minimum atomic E-state index is -0.610. The molecule has 6 nitrogen and oxygen atoms in total. The van der Waals surface area contributed by atoms with E-state index in [1.165, 1.54) is 12.1 Å². The molecular weight excluding hydrogens is 275 g/mol. The number of hydrogen-bond acceptors (Lipinski definition) is 5. The molecule has 0 spiro atoms. The van der Waals surface area contributed by atoms with Crippen molar-refractivity contribution in [1.82, 2.24) is 4.98 Å². The molecule has 2 aromatic rings. The average Bonchev–Trinajstić information content (AvgIpc) is 2.48. The summed E-state index contributed by atoms with van der Waals surface area (Å²) >= 11 is 0. The second-order valence-electron chi connectivity index (χ2n) is 4.38.